The molecule has 2 rings (SSSR count). The Hall–Kier alpha value is -3.52. The zero-order valence-electron chi connectivity index (χ0n) is 12.7. The molecule has 0 unspecified atom stereocenters. The summed E-state index contributed by atoms with van der Waals surface area (Å²) < 4.78 is 44.4. The molecule has 8 heteroatoms. The number of allylic oxidation sites excluding steroid dienone is 1. The fourth-order valence-corrected chi connectivity index (χ4v) is 2.03. The minimum absolute atomic E-state index is 0.141. The van der Waals surface area contributed by atoms with Gasteiger partial charge < -0.3 is 10.5 Å². The Morgan fingerprint density at radius 2 is 1.96 bits per heavy atom. The molecule has 1 aromatic carbocycles. The van der Waals surface area contributed by atoms with E-state index >= 15 is 0 Å². The number of nitriles is 2. The van der Waals surface area contributed by atoms with Crippen molar-refractivity contribution in [3.8, 4) is 29.1 Å². The molecule has 0 amide bonds. The molecule has 0 bridgehead atoms. The summed E-state index contributed by atoms with van der Waals surface area (Å²) in [4.78, 5) is 4.08. The summed E-state index contributed by atoms with van der Waals surface area (Å²) in [5.74, 6) is -0.141. The van der Waals surface area contributed by atoms with Crippen LogP contribution in [-0.4, -0.2) is 11.6 Å². The first-order valence-corrected chi connectivity index (χ1v) is 6.92. The molecule has 2 N–H and O–H groups in total. The van der Waals surface area contributed by atoms with Crippen molar-refractivity contribution in [3.05, 3.63) is 53.7 Å². The number of aromatic nitrogens is 1. The summed E-state index contributed by atoms with van der Waals surface area (Å²) in [6.45, 7) is -0.267. The lowest BCUT2D eigenvalue weighted by Crippen LogP contribution is -2.08. The van der Waals surface area contributed by atoms with Gasteiger partial charge in [0.25, 0.3) is 0 Å². The fourth-order valence-electron chi connectivity index (χ4n) is 2.03. The second-order valence-electron chi connectivity index (χ2n) is 4.80. The van der Waals surface area contributed by atoms with Gasteiger partial charge in [0, 0.05) is 11.9 Å². The SMILES string of the molecule is N#CC(C#N)=CCOc1cc(C(F)(F)F)cc(N)c1-c1ccccn1. The van der Waals surface area contributed by atoms with Crippen molar-refractivity contribution in [3.63, 3.8) is 0 Å². The normalized spacial score (nSPS) is 10.4. The molecule has 0 atom stereocenters. The van der Waals surface area contributed by atoms with Gasteiger partial charge in [0.15, 0.2) is 0 Å². The second-order valence-corrected chi connectivity index (χ2v) is 4.80. The maximum Gasteiger partial charge on any atom is 0.416 e. The number of nitrogen functional groups attached to an aromatic ring is 1. The summed E-state index contributed by atoms with van der Waals surface area (Å²) in [6, 6.07) is 9.78. The standard InChI is InChI=1S/C17H11F3N4O/c18-17(19,20)12-7-13(23)16(14-3-1-2-5-24-14)15(8-12)25-6-4-11(9-21)10-22/h1-5,7-8H,6,23H2. The lowest BCUT2D eigenvalue weighted by molar-refractivity contribution is -0.137. The van der Waals surface area contributed by atoms with E-state index in [1.54, 1.807) is 30.3 Å². The van der Waals surface area contributed by atoms with Gasteiger partial charge in [-0.15, -0.1) is 0 Å². The molecule has 5 nitrogen and oxygen atoms in total. The van der Waals surface area contributed by atoms with E-state index in [1.165, 1.54) is 12.3 Å². The highest BCUT2D eigenvalue weighted by Gasteiger charge is 2.32. The highest BCUT2D eigenvalue weighted by Crippen LogP contribution is 2.40. The van der Waals surface area contributed by atoms with Crippen molar-refractivity contribution in [2.45, 2.75) is 6.18 Å². The quantitative estimate of drug-likeness (QED) is 0.674. The average molecular weight is 344 g/mol. The number of alkyl halides is 3. The molecule has 0 spiro atoms. The summed E-state index contributed by atoms with van der Waals surface area (Å²) in [5, 5.41) is 17.4. The van der Waals surface area contributed by atoms with Crippen LogP contribution >= 0.6 is 0 Å². The van der Waals surface area contributed by atoms with E-state index in [4.69, 9.17) is 21.0 Å². The molecule has 0 fully saturated rings. The van der Waals surface area contributed by atoms with Crippen molar-refractivity contribution in [1.82, 2.24) is 4.98 Å². The number of rotatable bonds is 4. The van der Waals surface area contributed by atoms with Gasteiger partial charge in [-0.1, -0.05) is 6.07 Å². The number of benzene rings is 1. The lowest BCUT2D eigenvalue weighted by atomic mass is 10.0. The van der Waals surface area contributed by atoms with Crippen molar-refractivity contribution in [1.29, 1.82) is 10.5 Å². The largest absolute Gasteiger partial charge is 0.489 e. The molecular formula is C17H11F3N4O. The Bertz CT molecular complexity index is 862. The van der Waals surface area contributed by atoms with Gasteiger partial charge in [-0.25, -0.2) is 0 Å². The first-order valence-electron chi connectivity index (χ1n) is 6.92. The molecular weight excluding hydrogens is 333 g/mol. The van der Waals surface area contributed by atoms with Crippen LogP contribution in [0.2, 0.25) is 0 Å². The first-order chi connectivity index (χ1) is 11.9. The fraction of sp³-hybridized carbons (Fsp3) is 0.118. The number of nitrogens with zero attached hydrogens (tertiary/aromatic N) is 3. The highest BCUT2D eigenvalue weighted by atomic mass is 19.4. The molecule has 126 valence electrons. The van der Waals surface area contributed by atoms with E-state index in [0.717, 1.165) is 12.1 Å². The van der Waals surface area contributed by atoms with Gasteiger partial charge in [0.1, 0.15) is 30.1 Å². The molecule has 1 heterocycles. The van der Waals surface area contributed by atoms with Crippen molar-refractivity contribution < 1.29 is 17.9 Å². The predicted molar refractivity (Wildman–Crippen MR) is 83.9 cm³/mol. The summed E-state index contributed by atoms with van der Waals surface area (Å²) >= 11 is 0. The van der Waals surface area contributed by atoms with Gasteiger partial charge in [-0.3, -0.25) is 4.98 Å². The molecule has 2 aromatic rings. The lowest BCUT2D eigenvalue weighted by Gasteiger charge is -2.16. The van der Waals surface area contributed by atoms with E-state index < -0.39 is 11.7 Å². The highest BCUT2D eigenvalue weighted by molar-refractivity contribution is 5.80. The van der Waals surface area contributed by atoms with Crippen LogP contribution in [0.5, 0.6) is 5.75 Å². The molecule has 0 saturated heterocycles. The summed E-state index contributed by atoms with van der Waals surface area (Å²) in [6.07, 6.45) is -1.96. The zero-order valence-corrected chi connectivity index (χ0v) is 12.7. The van der Waals surface area contributed by atoms with Crippen molar-refractivity contribution in [2.24, 2.45) is 0 Å². The number of anilines is 1. The third-order valence-electron chi connectivity index (χ3n) is 3.15. The Balaban J connectivity index is 2.50. The van der Waals surface area contributed by atoms with Crippen LogP contribution in [-0.2, 0) is 6.18 Å². The Morgan fingerprint density at radius 1 is 1.24 bits per heavy atom. The third-order valence-corrected chi connectivity index (χ3v) is 3.15. The molecule has 25 heavy (non-hydrogen) atoms. The Morgan fingerprint density at radius 3 is 2.52 bits per heavy atom. The van der Waals surface area contributed by atoms with Crippen LogP contribution < -0.4 is 10.5 Å². The Labute approximate surface area is 141 Å². The average Bonchev–Trinajstić information content (AvgIpc) is 2.58. The second kappa shape index (κ2) is 7.37. The van der Waals surface area contributed by atoms with Crippen LogP contribution in [0, 0.1) is 22.7 Å². The number of ether oxygens (including phenoxy) is 1. The topological polar surface area (TPSA) is 95.7 Å². The van der Waals surface area contributed by atoms with Crippen LogP contribution in [0.4, 0.5) is 18.9 Å². The van der Waals surface area contributed by atoms with E-state index in [9.17, 15) is 13.2 Å². The van der Waals surface area contributed by atoms with Crippen LogP contribution in [0.3, 0.4) is 0 Å². The van der Waals surface area contributed by atoms with E-state index in [2.05, 4.69) is 4.98 Å². The number of pyridine rings is 1. The van der Waals surface area contributed by atoms with Gasteiger partial charge in [0.2, 0.25) is 0 Å². The monoisotopic (exact) mass is 344 g/mol. The predicted octanol–water partition coefficient (Wildman–Crippen LogP) is 3.70. The smallest absolute Gasteiger partial charge is 0.416 e. The summed E-state index contributed by atoms with van der Waals surface area (Å²) in [7, 11) is 0. The van der Waals surface area contributed by atoms with E-state index in [-0.39, 0.29) is 29.2 Å². The van der Waals surface area contributed by atoms with Gasteiger partial charge >= 0.3 is 6.18 Å². The van der Waals surface area contributed by atoms with Gasteiger partial charge in [-0.2, -0.15) is 23.7 Å². The minimum Gasteiger partial charge on any atom is -0.489 e. The van der Waals surface area contributed by atoms with Crippen molar-refractivity contribution in [2.75, 3.05) is 12.3 Å². The van der Waals surface area contributed by atoms with E-state index in [1.807, 2.05) is 0 Å². The number of halogens is 3. The molecule has 0 aliphatic carbocycles. The number of nitrogens with two attached hydrogens (primary N) is 1. The molecule has 1 aromatic heterocycles. The maximum absolute atomic E-state index is 13.0. The van der Waals surface area contributed by atoms with Gasteiger partial charge in [0.05, 0.1) is 16.8 Å². The Kier molecular flexibility index (Phi) is 5.25. The van der Waals surface area contributed by atoms with Crippen LogP contribution in [0.1, 0.15) is 5.56 Å². The molecule has 0 radical (unpaired) electrons. The van der Waals surface area contributed by atoms with E-state index in [0.29, 0.717) is 5.69 Å². The molecule has 0 aliphatic heterocycles. The minimum atomic E-state index is -4.60. The first kappa shape index (κ1) is 17.8. The molecule has 0 saturated carbocycles. The summed E-state index contributed by atoms with van der Waals surface area (Å²) in [5.41, 5.74) is 5.02. The van der Waals surface area contributed by atoms with Crippen LogP contribution in [0.15, 0.2) is 48.2 Å². The maximum atomic E-state index is 13.0. The zero-order chi connectivity index (χ0) is 18.4. The third kappa shape index (κ3) is 4.27. The number of hydrogen-bond acceptors (Lipinski definition) is 5. The van der Waals surface area contributed by atoms with Gasteiger partial charge in [-0.05, 0) is 30.3 Å². The van der Waals surface area contributed by atoms with Crippen LogP contribution in [0.25, 0.3) is 11.3 Å². The number of hydrogen-bond donors (Lipinski definition) is 1. The van der Waals surface area contributed by atoms with Crippen molar-refractivity contribution >= 4 is 5.69 Å². The molecule has 0 aliphatic rings.